The molecule has 1 aromatic heterocycles. The first-order valence-electron chi connectivity index (χ1n) is 13.2. The Kier molecular flexibility index (Phi) is 5.81. The van der Waals surface area contributed by atoms with Crippen molar-refractivity contribution < 1.29 is 0 Å². The molecule has 0 aliphatic carbocycles. The van der Waals surface area contributed by atoms with Gasteiger partial charge in [-0.2, -0.15) is 5.26 Å². The van der Waals surface area contributed by atoms with E-state index in [4.69, 9.17) is 0 Å². The van der Waals surface area contributed by atoms with Crippen molar-refractivity contribution in [2.45, 2.75) is 0 Å². The van der Waals surface area contributed by atoms with Crippen molar-refractivity contribution in [2.24, 2.45) is 0 Å². The van der Waals surface area contributed by atoms with Crippen LogP contribution in [0.5, 0.6) is 0 Å². The Labute approximate surface area is 233 Å². The van der Waals surface area contributed by atoms with Crippen LogP contribution in [0.15, 0.2) is 146 Å². The molecule has 2 heterocycles. The fourth-order valence-electron chi connectivity index (χ4n) is 5.52. The highest BCUT2D eigenvalue weighted by molar-refractivity contribution is 6.04. The van der Waals surface area contributed by atoms with E-state index in [1.807, 2.05) is 24.3 Å². The first-order chi connectivity index (χ1) is 19.8. The lowest BCUT2D eigenvalue weighted by atomic mass is 9.94. The standard InChI is InChI=1S/C36H24N4/c37-24-26-22-23-31(38-25-26)29-15-5-4-14-28(29)30-16-6-7-17-32(30)40-35-20-10-8-18-33(35)39(27-12-2-1-3-13-27)34-19-9-11-21-36(34)40/h1-23,25H. The highest BCUT2D eigenvalue weighted by Gasteiger charge is 2.31. The Morgan fingerprint density at radius 3 is 1.52 bits per heavy atom. The lowest BCUT2D eigenvalue weighted by Gasteiger charge is -2.41. The van der Waals surface area contributed by atoms with Crippen LogP contribution in [0.1, 0.15) is 5.56 Å². The molecule has 0 saturated heterocycles. The number of anilines is 6. The minimum atomic E-state index is 0.547. The quantitative estimate of drug-likeness (QED) is 0.235. The highest BCUT2D eigenvalue weighted by atomic mass is 15.3. The third kappa shape index (κ3) is 3.89. The van der Waals surface area contributed by atoms with Crippen LogP contribution < -0.4 is 9.80 Å². The summed E-state index contributed by atoms with van der Waals surface area (Å²) in [6, 6.07) is 50.4. The topological polar surface area (TPSA) is 43.2 Å². The SMILES string of the molecule is N#Cc1ccc(-c2ccccc2-c2ccccc2N2c3ccccc3N(c3ccccc3)c3ccccc32)nc1. The minimum absolute atomic E-state index is 0.547. The number of para-hydroxylation sites is 6. The normalized spacial score (nSPS) is 11.9. The molecule has 0 bridgehead atoms. The van der Waals surface area contributed by atoms with Crippen LogP contribution in [0.2, 0.25) is 0 Å². The molecule has 1 aliphatic rings. The van der Waals surface area contributed by atoms with Crippen LogP contribution in [0.4, 0.5) is 34.1 Å². The summed E-state index contributed by atoms with van der Waals surface area (Å²) in [7, 11) is 0. The predicted molar refractivity (Wildman–Crippen MR) is 163 cm³/mol. The molecule has 4 heteroatoms. The summed E-state index contributed by atoms with van der Waals surface area (Å²) < 4.78 is 0. The fraction of sp³-hybridized carbons (Fsp3) is 0. The van der Waals surface area contributed by atoms with Gasteiger partial charge in [-0.25, -0.2) is 0 Å². The van der Waals surface area contributed by atoms with E-state index in [-0.39, 0.29) is 0 Å². The molecule has 4 nitrogen and oxygen atoms in total. The van der Waals surface area contributed by atoms with Crippen molar-refractivity contribution in [1.29, 1.82) is 5.26 Å². The highest BCUT2D eigenvalue weighted by Crippen LogP contribution is 2.55. The largest absolute Gasteiger partial charge is 0.306 e. The summed E-state index contributed by atoms with van der Waals surface area (Å²) in [4.78, 5) is 9.32. The van der Waals surface area contributed by atoms with Gasteiger partial charge in [0.05, 0.1) is 39.7 Å². The molecule has 6 aromatic rings. The van der Waals surface area contributed by atoms with Gasteiger partial charge in [-0.1, -0.05) is 84.9 Å². The zero-order chi connectivity index (χ0) is 26.9. The second-order valence-corrected chi connectivity index (χ2v) is 9.59. The van der Waals surface area contributed by atoms with Crippen molar-refractivity contribution in [3.63, 3.8) is 0 Å². The smallest absolute Gasteiger partial charge is 0.101 e. The monoisotopic (exact) mass is 512 g/mol. The van der Waals surface area contributed by atoms with E-state index in [2.05, 4.69) is 136 Å². The summed E-state index contributed by atoms with van der Waals surface area (Å²) in [5.41, 5.74) is 11.2. The Hall–Kier alpha value is -5.66. The number of nitriles is 1. The molecule has 0 unspecified atom stereocenters. The molecule has 0 saturated carbocycles. The van der Waals surface area contributed by atoms with Crippen molar-refractivity contribution >= 4 is 34.1 Å². The summed E-state index contributed by atoms with van der Waals surface area (Å²) in [6.07, 6.45) is 1.63. The van der Waals surface area contributed by atoms with Crippen LogP contribution in [-0.2, 0) is 0 Å². The molecule has 7 rings (SSSR count). The Bertz CT molecular complexity index is 1820. The Morgan fingerprint density at radius 2 is 0.950 bits per heavy atom. The van der Waals surface area contributed by atoms with E-state index in [1.54, 1.807) is 6.20 Å². The van der Waals surface area contributed by atoms with Gasteiger partial charge in [0, 0.05) is 23.0 Å². The third-order valence-corrected chi connectivity index (χ3v) is 7.27. The average molecular weight is 513 g/mol. The lowest BCUT2D eigenvalue weighted by molar-refractivity contribution is 1.17. The van der Waals surface area contributed by atoms with Crippen LogP contribution in [0.25, 0.3) is 22.4 Å². The molecule has 0 atom stereocenters. The van der Waals surface area contributed by atoms with Gasteiger partial charge < -0.3 is 9.80 Å². The van der Waals surface area contributed by atoms with Crippen LogP contribution in [0.3, 0.4) is 0 Å². The maximum Gasteiger partial charge on any atom is 0.101 e. The molecule has 0 N–H and O–H groups in total. The number of pyridine rings is 1. The van der Waals surface area contributed by atoms with E-state index >= 15 is 0 Å². The molecule has 0 fully saturated rings. The van der Waals surface area contributed by atoms with Crippen LogP contribution in [0, 0.1) is 11.3 Å². The number of hydrogen-bond donors (Lipinski definition) is 0. The minimum Gasteiger partial charge on any atom is -0.306 e. The molecule has 188 valence electrons. The molecule has 1 aliphatic heterocycles. The molecule has 5 aromatic carbocycles. The maximum absolute atomic E-state index is 9.26. The second-order valence-electron chi connectivity index (χ2n) is 9.59. The van der Waals surface area contributed by atoms with Crippen molar-refractivity contribution in [3.8, 4) is 28.5 Å². The van der Waals surface area contributed by atoms with Crippen molar-refractivity contribution in [1.82, 2.24) is 4.98 Å². The first kappa shape index (κ1) is 23.5. The van der Waals surface area contributed by atoms with Crippen LogP contribution >= 0.6 is 0 Å². The number of hydrogen-bond acceptors (Lipinski definition) is 4. The molecular weight excluding hydrogens is 488 g/mol. The molecule has 40 heavy (non-hydrogen) atoms. The zero-order valence-electron chi connectivity index (χ0n) is 21.6. The number of nitrogens with zero attached hydrogens (tertiary/aromatic N) is 4. The lowest BCUT2D eigenvalue weighted by Crippen LogP contribution is -2.24. The first-order valence-corrected chi connectivity index (χ1v) is 13.2. The number of rotatable bonds is 4. The van der Waals surface area contributed by atoms with E-state index in [0.29, 0.717) is 5.56 Å². The van der Waals surface area contributed by atoms with Gasteiger partial charge in [-0.15, -0.1) is 0 Å². The van der Waals surface area contributed by atoms with Gasteiger partial charge in [-0.3, -0.25) is 4.98 Å². The summed E-state index contributed by atoms with van der Waals surface area (Å²) in [5.74, 6) is 0. The molecular formula is C36H24N4. The van der Waals surface area contributed by atoms with Gasteiger partial charge in [0.1, 0.15) is 6.07 Å². The van der Waals surface area contributed by atoms with Gasteiger partial charge in [-0.05, 0) is 60.2 Å². The second kappa shape index (κ2) is 9.90. The maximum atomic E-state index is 9.26. The number of fused-ring (bicyclic) bond motifs is 2. The summed E-state index contributed by atoms with van der Waals surface area (Å²) in [5, 5.41) is 9.26. The Balaban J connectivity index is 1.45. The molecule has 0 radical (unpaired) electrons. The van der Waals surface area contributed by atoms with Gasteiger partial charge in [0.25, 0.3) is 0 Å². The molecule has 0 amide bonds. The van der Waals surface area contributed by atoms with Gasteiger partial charge >= 0.3 is 0 Å². The summed E-state index contributed by atoms with van der Waals surface area (Å²) in [6.45, 7) is 0. The summed E-state index contributed by atoms with van der Waals surface area (Å²) >= 11 is 0. The fourth-order valence-corrected chi connectivity index (χ4v) is 5.52. The van der Waals surface area contributed by atoms with Crippen molar-refractivity contribution in [3.05, 3.63) is 151 Å². The third-order valence-electron chi connectivity index (χ3n) is 7.27. The van der Waals surface area contributed by atoms with Crippen LogP contribution in [-0.4, -0.2) is 4.98 Å². The number of aromatic nitrogens is 1. The average Bonchev–Trinajstić information content (AvgIpc) is 3.04. The zero-order valence-corrected chi connectivity index (χ0v) is 21.6. The number of benzene rings is 5. The van der Waals surface area contributed by atoms with Crippen molar-refractivity contribution in [2.75, 3.05) is 9.80 Å². The van der Waals surface area contributed by atoms with E-state index in [0.717, 1.165) is 56.5 Å². The van der Waals surface area contributed by atoms with E-state index in [1.165, 1.54) is 0 Å². The van der Waals surface area contributed by atoms with Gasteiger partial charge in [0.2, 0.25) is 0 Å². The molecule has 0 spiro atoms. The van der Waals surface area contributed by atoms with E-state index in [9.17, 15) is 5.26 Å². The van der Waals surface area contributed by atoms with E-state index < -0.39 is 0 Å². The Morgan fingerprint density at radius 1 is 0.450 bits per heavy atom. The predicted octanol–water partition coefficient (Wildman–Crippen LogP) is 9.54. The van der Waals surface area contributed by atoms with Gasteiger partial charge in [0.15, 0.2) is 0 Å².